The Morgan fingerprint density at radius 2 is 2.00 bits per heavy atom. The average Bonchev–Trinajstić information content (AvgIpc) is 2.46. The van der Waals surface area contributed by atoms with Gasteiger partial charge in [-0.1, -0.05) is 18.2 Å². The smallest absolute Gasteiger partial charge is 0.325 e. The number of fused-ring (bicyclic) bond motifs is 1. The van der Waals surface area contributed by atoms with Crippen molar-refractivity contribution in [3.8, 4) is 0 Å². The van der Waals surface area contributed by atoms with Gasteiger partial charge in [0.2, 0.25) is 0 Å². The Labute approximate surface area is 113 Å². The summed E-state index contributed by atoms with van der Waals surface area (Å²) in [5.41, 5.74) is -0.313. The molecule has 1 amide bonds. The second-order valence-electron chi connectivity index (χ2n) is 3.93. The summed E-state index contributed by atoms with van der Waals surface area (Å²) in [7, 11) is 0. The van der Waals surface area contributed by atoms with Gasteiger partial charge >= 0.3 is 5.97 Å². The molecule has 104 valence electrons. The Bertz CT molecular complexity index is 708. The Kier molecular flexibility index (Phi) is 4.09. The summed E-state index contributed by atoms with van der Waals surface area (Å²) < 4.78 is 4.70. The largest absolute Gasteiger partial charge is 0.465 e. The van der Waals surface area contributed by atoms with Gasteiger partial charge in [0.1, 0.15) is 6.54 Å². The van der Waals surface area contributed by atoms with Crippen LogP contribution >= 0.6 is 0 Å². The van der Waals surface area contributed by atoms with E-state index in [1.165, 1.54) is 0 Å². The third-order valence-corrected chi connectivity index (χ3v) is 2.61. The van der Waals surface area contributed by atoms with Gasteiger partial charge in [0.15, 0.2) is 5.69 Å². The highest BCUT2D eigenvalue weighted by molar-refractivity contribution is 6.05. The number of hydrogen-bond donors (Lipinski definition) is 2. The third-order valence-electron chi connectivity index (χ3n) is 2.61. The number of nitrogens with zero attached hydrogens (tertiary/aromatic N) is 1. The molecule has 1 aromatic heterocycles. The van der Waals surface area contributed by atoms with Crippen molar-refractivity contribution in [2.24, 2.45) is 0 Å². The molecule has 7 heteroatoms. The summed E-state index contributed by atoms with van der Waals surface area (Å²) in [6.07, 6.45) is 0. The van der Waals surface area contributed by atoms with Crippen molar-refractivity contribution in [3.63, 3.8) is 0 Å². The number of carbonyl (C=O) groups excluding carboxylic acids is 2. The number of hydrogen-bond acceptors (Lipinski definition) is 5. The molecule has 0 bridgehead atoms. The van der Waals surface area contributed by atoms with E-state index < -0.39 is 11.9 Å². The minimum absolute atomic E-state index is 0.0597. The monoisotopic (exact) mass is 275 g/mol. The minimum atomic E-state index is -0.550. The van der Waals surface area contributed by atoms with Crippen LogP contribution in [0.3, 0.4) is 0 Å². The van der Waals surface area contributed by atoms with E-state index in [9.17, 15) is 14.4 Å². The second-order valence-corrected chi connectivity index (χ2v) is 3.93. The first-order chi connectivity index (χ1) is 9.63. The molecule has 0 saturated heterocycles. The predicted molar refractivity (Wildman–Crippen MR) is 71.3 cm³/mol. The van der Waals surface area contributed by atoms with E-state index in [1.54, 1.807) is 31.2 Å². The molecular weight excluding hydrogens is 262 g/mol. The van der Waals surface area contributed by atoms with Gasteiger partial charge in [0.25, 0.3) is 11.5 Å². The number of nitrogens with one attached hydrogen (secondary N) is 2. The number of ether oxygens (including phenoxy) is 1. The molecule has 0 unspecified atom stereocenters. The highest BCUT2D eigenvalue weighted by Gasteiger charge is 2.14. The maximum absolute atomic E-state index is 12.0. The zero-order chi connectivity index (χ0) is 14.5. The molecule has 0 aliphatic heterocycles. The number of benzene rings is 1. The van der Waals surface area contributed by atoms with Crippen LogP contribution in [0.15, 0.2) is 29.1 Å². The van der Waals surface area contributed by atoms with E-state index in [0.29, 0.717) is 10.8 Å². The number of aromatic nitrogens is 2. The average molecular weight is 275 g/mol. The van der Waals surface area contributed by atoms with Crippen molar-refractivity contribution in [3.05, 3.63) is 40.3 Å². The summed E-state index contributed by atoms with van der Waals surface area (Å²) in [6, 6.07) is 6.61. The SMILES string of the molecule is CCOC(=O)CNC(=O)c1n[nH]c(=O)c2ccccc12. The summed E-state index contributed by atoms with van der Waals surface area (Å²) >= 11 is 0. The van der Waals surface area contributed by atoms with Gasteiger partial charge in [-0.15, -0.1) is 0 Å². The van der Waals surface area contributed by atoms with Crippen molar-refractivity contribution in [1.29, 1.82) is 0 Å². The van der Waals surface area contributed by atoms with E-state index in [0.717, 1.165) is 0 Å². The summed E-state index contributed by atoms with van der Waals surface area (Å²) in [4.78, 5) is 34.7. The number of carbonyl (C=O) groups is 2. The lowest BCUT2D eigenvalue weighted by Crippen LogP contribution is -2.32. The molecule has 2 rings (SSSR count). The highest BCUT2D eigenvalue weighted by atomic mass is 16.5. The minimum Gasteiger partial charge on any atom is -0.465 e. The fraction of sp³-hybridized carbons (Fsp3) is 0.231. The molecule has 0 fully saturated rings. The first kappa shape index (κ1) is 13.7. The standard InChI is InChI=1S/C13H13N3O4/c1-2-20-10(17)7-14-13(19)11-8-5-3-4-6-9(8)12(18)16-15-11/h3-6H,2,7H2,1H3,(H,14,19)(H,16,18). The molecule has 20 heavy (non-hydrogen) atoms. The van der Waals surface area contributed by atoms with Gasteiger partial charge in [-0.2, -0.15) is 5.10 Å². The van der Waals surface area contributed by atoms with Gasteiger partial charge < -0.3 is 10.1 Å². The van der Waals surface area contributed by atoms with Gasteiger partial charge in [0, 0.05) is 5.39 Å². The van der Waals surface area contributed by atoms with Crippen LogP contribution in [-0.4, -0.2) is 35.2 Å². The zero-order valence-corrected chi connectivity index (χ0v) is 10.8. The van der Waals surface area contributed by atoms with E-state index in [4.69, 9.17) is 4.74 Å². The van der Waals surface area contributed by atoms with E-state index >= 15 is 0 Å². The molecule has 2 aromatic rings. The van der Waals surface area contributed by atoms with Crippen LogP contribution in [0.4, 0.5) is 0 Å². The fourth-order valence-electron chi connectivity index (χ4n) is 1.74. The quantitative estimate of drug-likeness (QED) is 0.777. The number of aromatic amines is 1. The molecule has 0 radical (unpaired) electrons. The van der Waals surface area contributed by atoms with Gasteiger partial charge in [-0.05, 0) is 13.0 Å². The topological polar surface area (TPSA) is 101 Å². The predicted octanol–water partition coefficient (Wildman–Crippen LogP) is 0.216. The molecule has 0 aliphatic carbocycles. The molecule has 0 aliphatic rings. The van der Waals surface area contributed by atoms with Crippen LogP contribution < -0.4 is 10.9 Å². The Morgan fingerprint density at radius 1 is 1.30 bits per heavy atom. The van der Waals surface area contributed by atoms with Crippen LogP contribution in [0.25, 0.3) is 10.8 Å². The Hall–Kier alpha value is -2.70. The number of H-pyrrole nitrogens is 1. The van der Waals surface area contributed by atoms with Crippen LogP contribution in [-0.2, 0) is 9.53 Å². The molecule has 0 saturated carbocycles. The van der Waals surface area contributed by atoms with Gasteiger partial charge in [-0.3, -0.25) is 14.4 Å². The summed E-state index contributed by atoms with van der Waals surface area (Å²) in [5.74, 6) is -1.08. The fourth-order valence-corrected chi connectivity index (χ4v) is 1.74. The second kappa shape index (κ2) is 5.96. The van der Waals surface area contributed by atoms with E-state index in [2.05, 4.69) is 15.5 Å². The van der Waals surface area contributed by atoms with Crippen molar-refractivity contribution in [1.82, 2.24) is 15.5 Å². The van der Waals surface area contributed by atoms with Crippen molar-refractivity contribution in [2.75, 3.05) is 13.2 Å². The van der Waals surface area contributed by atoms with Gasteiger partial charge in [0.05, 0.1) is 12.0 Å². The summed E-state index contributed by atoms with van der Waals surface area (Å²) in [5, 5.41) is 9.17. The molecule has 1 aromatic carbocycles. The first-order valence-corrected chi connectivity index (χ1v) is 6.04. The summed E-state index contributed by atoms with van der Waals surface area (Å²) in [6.45, 7) is 1.67. The Balaban J connectivity index is 2.25. The number of amides is 1. The molecular formula is C13H13N3O4. The lowest BCUT2D eigenvalue weighted by molar-refractivity contribution is -0.141. The lowest BCUT2D eigenvalue weighted by Gasteiger charge is -2.06. The normalized spacial score (nSPS) is 10.2. The molecule has 1 heterocycles. The van der Waals surface area contributed by atoms with E-state index in [-0.39, 0.29) is 24.4 Å². The first-order valence-electron chi connectivity index (χ1n) is 6.04. The van der Waals surface area contributed by atoms with E-state index in [1.807, 2.05) is 0 Å². The molecule has 7 nitrogen and oxygen atoms in total. The molecule has 2 N–H and O–H groups in total. The number of esters is 1. The van der Waals surface area contributed by atoms with Crippen molar-refractivity contribution >= 4 is 22.6 Å². The number of rotatable bonds is 4. The third kappa shape index (κ3) is 2.82. The van der Waals surface area contributed by atoms with Crippen LogP contribution in [0.2, 0.25) is 0 Å². The molecule has 0 atom stereocenters. The van der Waals surface area contributed by atoms with Crippen LogP contribution in [0.1, 0.15) is 17.4 Å². The maximum atomic E-state index is 12.0. The Morgan fingerprint density at radius 3 is 2.70 bits per heavy atom. The van der Waals surface area contributed by atoms with Crippen LogP contribution in [0, 0.1) is 0 Å². The van der Waals surface area contributed by atoms with Crippen LogP contribution in [0.5, 0.6) is 0 Å². The lowest BCUT2D eigenvalue weighted by atomic mass is 10.1. The van der Waals surface area contributed by atoms with Crippen molar-refractivity contribution in [2.45, 2.75) is 6.92 Å². The van der Waals surface area contributed by atoms with Crippen molar-refractivity contribution < 1.29 is 14.3 Å². The molecule has 0 spiro atoms. The zero-order valence-electron chi connectivity index (χ0n) is 10.8. The highest BCUT2D eigenvalue weighted by Crippen LogP contribution is 2.11. The van der Waals surface area contributed by atoms with Gasteiger partial charge in [-0.25, -0.2) is 5.10 Å². The maximum Gasteiger partial charge on any atom is 0.325 e.